The zero-order chi connectivity index (χ0) is 41.4. The zero-order valence-corrected chi connectivity index (χ0v) is 34.8. The summed E-state index contributed by atoms with van der Waals surface area (Å²) in [7, 11) is 0. The first-order chi connectivity index (χ1) is 31.2. The third-order valence-corrected chi connectivity index (χ3v) is 13.7. The fourth-order valence-corrected chi connectivity index (χ4v) is 10.7. The Balaban J connectivity index is 0.961. The molecule has 0 N–H and O–H groups in total. The van der Waals surface area contributed by atoms with Gasteiger partial charge in [-0.3, -0.25) is 4.98 Å². The second-order valence-electron chi connectivity index (χ2n) is 16.2. The number of hydrogen-bond acceptors (Lipinski definition) is 3. The highest BCUT2D eigenvalue weighted by Crippen LogP contribution is 2.41. The van der Waals surface area contributed by atoms with Crippen molar-refractivity contribution in [2.24, 2.45) is 0 Å². The molecule has 0 unspecified atom stereocenters. The van der Waals surface area contributed by atoms with Crippen molar-refractivity contribution >= 4 is 75.3 Å². The van der Waals surface area contributed by atoms with E-state index >= 15 is 0 Å². The van der Waals surface area contributed by atoms with Gasteiger partial charge in [0.15, 0.2) is 0 Å². The highest BCUT2D eigenvalue weighted by Gasteiger charge is 2.18. The molecular weight excluding hydrogens is 785 g/mol. The second-order valence-corrected chi connectivity index (χ2v) is 17.3. The van der Waals surface area contributed by atoms with E-state index < -0.39 is 0 Å². The van der Waals surface area contributed by atoms with Crippen LogP contribution in [0.2, 0.25) is 0 Å². The van der Waals surface area contributed by atoms with E-state index in [1.165, 1.54) is 69.6 Å². The van der Waals surface area contributed by atoms with Gasteiger partial charge in [0.05, 0.1) is 49.4 Å². The van der Waals surface area contributed by atoms with E-state index in [1.54, 1.807) is 11.3 Å². The fraction of sp³-hybridized carbons (Fsp3) is 0. The Labute approximate surface area is 367 Å². The van der Waals surface area contributed by atoms with Gasteiger partial charge in [0.25, 0.3) is 0 Å². The molecule has 294 valence electrons. The molecule has 5 heterocycles. The van der Waals surface area contributed by atoms with Crippen LogP contribution in [0.4, 0.5) is 0 Å². The SMILES string of the molecule is c1ccc(-c2cc(-n3c4ccccc4c4cc(-c5ccc6c7ccccc7n(-c7cccc(-c8ccc9sc%10cccnc%10c9c8)c7)c6c5)ccc43)cc(-c3ccccc3)n2)cc1. The van der Waals surface area contributed by atoms with Crippen LogP contribution < -0.4 is 0 Å². The van der Waals surface area contributed by atoms with Gasteiger partial charge < -0.3 is 9.13 Å². The summed E-state index contributed by atoms with van der Waals surface area (Å²) in [6.45, 7) is 0. The van der Waals surface area contributed by atoms with Gasteiger partial charge in [0.2, 0.25) is 0 Å². The van der Waals surface area contributed by atoms with Crippen molar-refractivity contribution < 1.29 is 0 Å². The van der Waals surface area contributed by atoms with Gasteiger partial charge in [0, 0.05) is 54.6 Å². The fourth-order valence-electron chi connectivity index (χ4n) is 9.62. The molecular formula is C58H36N4S. The van der Waals surface area contributed by atoms with Crippen LogP contribution in [-0.4, -0.2) is 19.1 Å². The number of fused-ring (bicyclic) bond motifs is 9. The third-order valence-electron chi connectivity index (χ3n) is 12.6. The molecule has 0 aliphatic heterocycles. The van der Waals surface area contributed by atoms with Gasteiger partial charge in [0.1, 0.15) is 0 Å². The van der Waals surface area contributed by atoms with E-state index in [1.807, 2.05) is 12.3 Å². The molecule has 5 aromatic heterocycles. The van der Waals surface area contributed by atoms with Crippen LogP contribution in [0.15, 0.2) is 219 Å². The molecule has 0 spiro atoms. The first kappa shape index (κ1) is 35.6. The van der Waals surface area contributed by atoms with E-state index in [0.29, 0.717) is 0 Å². The van der Waals surface area contributed by atoms with Gasteiger partial charge in [-0.05, 0) is 101 Å². The van der Waals surface area contributed by atoms with Gasteiger partial charge in [-0.25, -0.2) is 4.98 Å². The Kier molecular flexibility index (Phi) is 8.05. The Morgan fingerprint density at radius 2 is 0.873 bits per heavy atom. The number of thiophene rings is 1. The summed E-state index contributed by atoms with van der Waals surface area (Å²) >= 11 is 1.80. The molecule has 0 aliphatic carbocycles. The summed E-state index contributed by atoms with van der Waals surface area (Å²) < 4.78 is 7.30. The maximum Gasteiger partial charge on any atom is 0.0888 e. The number of hydrogen-bond donors (Lipinski definition) is 0. The van der Waals surface area contributed by atoms with Crippen molar-refractivity contribution in [3.8, 4) is 56.1 Å². The minimum Gasteiger partial charge on any atom is -0.309 e. The molecule has 0 atom stereocenters. The molecule has 0 radical (unpaired) electrons. The summed E-state index contributed by atoms with van der Waals surface area (Å²) in [5.41, 5.74) is 16.7. The minimum absolute atomic E-state index is 0.943. The first-order valence-electron chi connectivity index (χ1n) is 21.3. The van der Waals surface area contributed by atoms with Crippen LogP contribution in [0.25, 0.3) is 120 Å². The molecule has 63 heavy (non-hydrogen) atoms. The highest BCUT2D eigenvalue weighted by atomic mass is 32.1. The minimum atomic E-state index is 0.943. The van der Waals surface area contributed by atoms with Crippen molar-refractivity contribution in [3.63, 3.8) is 0 Å². The Bertz CT molecular complexity index is 3860. The summed E-state index contributed by atoms with van der Waals surface area (Å²) in [4.78, 5) is 9.93. The molecule has 13 rings (SSSR count). The quantitative estimate of drug-likeness (QED) is 0.167. The molecule has 0 aliphatic rings. The van der Waals surface area contributed by atoms with E-state index in [4.69, 9.17) is 9.97 Å². The van der Waals surface area contributed by atoms with E-state index in [9.17, 15) is 0 Å². The summed E-state index contributed by atoms with van der Waals surface area (Å²) in [6.07, 6.45) is 1.89. The van der Waals surface area contributed by atoms with Crippen LogP contribution in [-0.2, 0) is 0 Å². The molecule has 0 bridgehead atoms. The lowest BCUT2D eigenvalue weighted by atomic mass is 10.0. The number of pyridine rings is 2. The number of nitrogens with zero attached hydrogens (tertiary/aromatic N) is 4. The third kappa shape index (κ3) is 5.82. The van der Waals surface area contributed by atoms with Crippen LogP contribution in [0, 0.1) is 0 Å². The molecule has 13 aromatic rings. The predicted octanol–water partition coefficient (Wildman–Crippen LogP) is 15.7. The summed E-state index contributed by atoms with van der Waals surface area (Å²) in [6, 6.07) is 76.8. The first-order valence-corrected chi connectivity index (χ1v) is 22.1. The number of para-hydroxylation sites is 2. The van der Waals surface area contributed by atoms with Crippen molar-refractivity contribution in [1.82, 2.24) is 19.1 Å². The van der Waals surface area contributed by atoms with E-state index in [2.05, 4.69) is 215 Å². The lowest BCUT2D eigenvalue weighted by Crippen LogP contribution is -1.98. The monoisotopic (exact) mass is 820 g/mol. The Morgan fingerprint density at radius 3 is 1.62 bits per heavy atom. The van der Waals surface area contributed by atoms with Gasteiger partial charge in [-0.1, -0.05) is 133 Å². The lowest BCUT2D eigenvalue weighted by molar-refractivity contribution is 1.16. The average Bonchev–Trinajstić information content (AvgIpc) is 4.01. The van der Waals surface area contributed by atoms with Crippen LogP contribution in [0.1, 0.15) is 0 Å². The van der Waals surface area contributed by atoms with E-state index in [-0.39, 0.29) is 0 Å². The number of aromatic nitrogens is 4. The van der Waals surface area contributed by atoms with Gasteiger partial charge >= 0.3 is 0 Å². The van der Waals surface area contributed by atoms with E-state index in [0.717, 1.165) is 50.4 Å². The summed E-state index contributed by atoms with van der Waals surface area (Å²) in [5.74, 6) is 0. The van der Waals surface area contributed by atoms with Crippen molar-refractivity contribution in [1.29, 1.82) is 0 Å². The Morgan fingerprint density at radius 1 is 0.317 bits per heavy atom. The molecule has 4 nitrogen and oxygen atoms in total. The number of benzene rings is 8. The Hall–Kier alpha value is -8.12. The summed E-state index contributed by atoms with van der Waals surface area (Å²) in [5, 5.41) is 6.10. The normalized spacial score (nSPS) is 11.8. The van der Waals surface area contributed by atoms with Crippen molar-refractivity contribution in [3.05, 3.63) is 219 Å². The van der Waals surface area contributed by atoms with Crippen molar-refractivity contribution in [2.75, 3.05) is 0 Å². The predicted molar refractivity (Wildman–Crippen MR) is 265 cm³/mol. The molecule has 0 saturated carbocycles. The maximum atomic E-state index is 5.19. The molecule has 0 amide bonds. The lowest BCUT2D eigenvalue weighted by Gasteiger charge is -2.13. The standard InChI is InChI=1S/C58H36N4S/c1-3-13-37(14-4-1)50-35-44(36-51(60-50)38-15-5-2-6-16-38)62-53-22-10-8-20-46(53)48-32-40(25-28-54(48)62)42-24-27-47-45-19-7-9-21-52(45)61(55(47)34-42)43-18-11-17-39(31-43)41-26-29-56-49(33-41)58-57(63-56)23-12-30-59-58/h1-36H. The van der Waals surface area contributed by atoms with Crippen LogP contribution in [0.3, 0.4) is 0 Å². The number of rotatable bonds is 6. The average molecular weight is 821 g/mol. The largest absolute Gasteiger partial charge is 0.309 e. The van der Waals surface area contributed by atoms with Gasteiger partial charge in [-0.2, -0.15) is 0 Å². The maximum absolute atomic E-state index is 5.19. The smallest absolute Gasteiger partial charge is 0.0888 e. The highest BCUT2D eigenvalue weighted by molar-refractivity contribution is 7.25. The molecule has 0 fully saturated rings. The molecule has 5 heteroatoms. The van der Waals surface area contributed by atoms with Gasteiger partial charge in [-0.15, -0.1) is 11.3 Å². The molecule has 0 saturated heterocycles. The van der Waals surface area contributed by atoms with Crippen LogP contribution >= 0.6 is 11.3 Å². The zero-order valence-electron chi connectivity index (χ0n) is 34.0. The topological polar surface area (TPSA) is 35.6 Å². The molecule has 8 aromatic carbocycles. The van der Waals surface area contributed by atoms with Crippen LogP contribution in [0.5, 0.6) is 0 Å². The van der Waals surface area contributed by atoms with Crippen molar-refractivity contribution in [2.45, 2.75) is 0 Å². The second kappa shape index (κ2) is 14.2.